The van der Waals surface area contributed by atoms with Gasteiger partial charge < -0.3 is 5.32 Å². The van der Waals surface area contributed by atoms with Crippen LogP contribution in [-0.4, -0.2) is 26.3 Å². The number of aryl methyl sites for hydroxylation is 1. The van der Waals surface area contributed by atoms with E-state index in [9.17, 15) is 13.2 Å². The second-order valence-corrected chi connectivity index (χ2v) is 4.26. The summed E-state index contributed by atoms with van der Waals surface area (Å²) in [5, 5.41) is 6.96. The Balaban J connectivity index is 2.05. The van der Waals surface area contributed by atoms with Crippen molar-refractivity contribution in [1.82, 2.24) is 19.7 Å². The van der Waals surface area contributed by atoms with Crippen LogP contribution in [0, 0.1) is 0 Å². The van der Waals surface area contributed by atoms with E-state index in [1.807, 2.05) is 11.5 Å². The average molecular weight is 301 g/mol. The van der Waals surface area contributed by atoms with Crippen LogP contribution in [0.5, 0.6) is 0 Å². The van der Waals surface area contributed by atoms with E-state index in [-0.39, 0.29) is 11.8 Å². The minimum absolute atomic E-state index is 0.0428. The summed E-state index contributed by atoms with van der Waals surface area (Å²) in [6, 6.07) is 2.66. The largest absolute Gasteiger partial charge is 0.433 e. The van der Waals surface area contributed by atoms with E-state index in [1.54, 1.807) is 17.9 Å². The van der Waals surface area contributed by atoms with Crippen LogP contribution in [0.1, 0.15) is 11.4 Å². The van der Waals surface area contributed by atoms with Crippen LogP contribution in [-0.2, 0) is 19.6 Å². The summed E-state index contributed by atoms with van der Waals surface area (Å²) in [6.07, 6.45) is -2.22. The first-order valence-corrected chi connectivity index (χ1v) is 6.04. The van der Waals surface area contributed by atoms with Crippen molar-refractivity contribution in [3.63, 3.8) is 0 Å². The molecule has 2 aromatic rings. The Morgan fingerprint density at radius 2 is 2.10 bits per heavy atom. The van der Waals surface area contributed by atoms with Gasteiger partial charge in [0.2, 0.25) is 5.95 Å². The normalized spacial score (nSPS) is 11.5. The molecular weight excluding hydrogens is 287 g/mol. The summed E-state index contributed by atoms with van der Waals surface area (Å²) in [7, 11) is 1.79. The Labute approximate surface area is 118 Å². The molecular formula is C11H14F3N7. The smallest absolute Gasteiger partial charge is 0.370 e. The lowest BCUT2D eigenvalue weighted by Gasteiger charge is -2.11. The van der Waals surface area contributed by atoms with Gasteiger partial charge >= 0.3 is 6.18 Å². The number of hydrogen-bond acceptors (Lipinski definition) is 6. The van der Waals surface area contributed by atoms with Gasteiger partial charge in [0.15, 0.2) is 5.69 Å². The van der Waals surface area contributed by atoms with Gasteiger partial charge in [-0.05, 0) is 6.07 Å². The molecule has 0 aliphatic rings. The lowest BCUT2D eigenvalue weighted by molar-refractivity contribution is -0.141. The van der Waals surface area contributed by atoms with E-state index in [0.717, 1.165) is 11.8 Å². The highest BCUT2D eigenvalue weighted by Gasteiger charge is 2.33. The number of anilines is 2. The zero-order valence-electron chi connectivity index (χ0n) is 11.1. The summed E-state index contributed by atoms with van der Waals surface area (Å²) in [5.41, 5.74) is 1.78. The highest BCUT2D eigenvalue weighted by atomic mass is 19.4. The fraction of sp³-hybridized carbons (Fsp3) is 0.364. The molecule has 7 nitrogen and oxygen atoms in total. The van der Waals surface area contributed by atoms with Gasteiger partial charge in [-0.2, -0.15) is 23.3 Å². The van der Waals surface area contributed by atoms with Crippen LogP contribution in [0.15, 0.2) is 18.3 Å². The van der Waals surface area contributed by atoms with Crippen molar-refractivity contribution in [3.05, 3.63) is 29.7 Å². The van der Waals surface area contributed by atoms with E-state index in [2.05, 4.69) is 20.4 Å². The van der Waals surface area contributed by atoms with Gasteiger partial charge in [0.05, 0.1) is 5.69 Å². The molecule has 2 heterocycles. The summed E-state index contributed by atoms with van der Waals surface area (Å²) in [4.78, 5) is 7.08. The fourth-order valence-corrected chi connectivity index (χ4v) is 1.66. The zero-order valence-corrected chi connectivity index (χ0v) is 11.1. The number of nitrogen functional groups attached to an aromatic ring is 1. The molecule has 2 aromatic heterocycles. The second-order valence-electron chi connectivity index (χ2n) is 4.26. The molecule has 0 aliphatic heterocycles. The topological polar surface area (TPSA) is 93.7 Å². The van der Waals surface area contributed by atoms with Crippen molar-refractivity contribution in [2.24, 2.45) is 12.9 Å². The number of rotatable bonds is 5. The molecule has 0 radical (unpaired) electrons. The van der Waals surface area contributed by atoms with Gasteiger partial charge in [-0.1, -0.05) is 0 Å². The van der Waals surface area contributed by atoms with Crippen molar-refractivity contribution in [3.8, 4) is 0 Å². The van der Waals surface area contributed by atoms with E-state index in [0.29, 0.717) is 13.0 Å². The molecule has 0 unspecified atom stereocenters. The maximum Gasteiger partial charge on any atom is 0.433 e. The van der Waals surface area contributed by atoms with Crippen molar-refractivity contribution < 1.29 is 13.2 Å². The average Bonchev–Trinajstić information content (AvgIpc) is 2.83. The molecule has 0 aliphatic carbocycles. The lowest BCUT2D eigenvalue weighted by atomic mass is 10.3. The van der Waals surface area contributed by atoms with Crippen LogP contribution < -0.4 is 16.6 Å². The second kappa shape index (κ2) is 5.95. The van der Waals surface area contributed by atoms with Gasteiger partial charge in [-0.25, -0.2) is 10.8 Å². The van der Waals surface area contributed by atoms with Gasteiger partial charge in [-0.15, -0.1) is 0 Å². The minimum Gasteiger partial charge on any atom is -0.370 e. The van der Waals surface area contributed by atoms with E-state index in [4.69, 9.17) is 5.84 Å². The third-order valence-corrected chi connectivity index (χ3v) is 2.60. The summed E-state index contributed by atoms with van der Waals surface area (Å²) < 4.78 is 39.7. The summed E-state index contributed by atoms with van der Waals surface area (Å²) in [6.45, 7) is 0.384. The summed E-state index contributed by atoms with van der Waals surface area (Å²) >= 11 is 0. The highest BCUT2D eigenvalue weighted by Crippen LogP contribution is 2.29. The van der Waals surface area contributed by atoms with Gasteiger partial charge in [-0.3, -0.25) is 10.1 Å². The molecule has 0 atom stereocenters. The van der Waals surface area contributed by atoms with E-state index < -0.39 is 11.9 Å². The maximum atomic E-state index is 12.7. The standard InChI is InChI=1S/C11H14F3N7/c1-21-5-3-7(20-21)2-4-16-9-6-8(11(12,13)14)17-10(18-9)19-15/h3,5-6H,2,4,15H2,1H3,(H2,16,17,18,19). The van der Waals surface area contributed by atoms with E-state index >= 15 is 0 Å². The Morgan fingerprint density at radius 3 is 2.67 bits per heavy atom. The molecule has 0 aromatic carbocycles. The van der Waals surface area contributed by atoms with Crippen LogP contribution in [0.4, 0.5) is 24.9 Å². The molecule has 4 N–H and O–H groups in total. The molecule has 0 fully saturated rings. The van der Waals surface area contributed by atoms with Gasteiger partial charge in [0.25, 0.3) is 0 Å². The number of nitrogens with one attached hydrogen (secondary N) is 2. The maximum absolute atomic E-state index is 12.7. The molecule has 0 saturated heterocycles. The first kappa shape index (κ1) is 15.0. The fourth-order valence-electron chi connectivity index (χ4n) is 1.66. The number of alkyl halides is 3. The van der Waals surface area contributed by atoms with Crippen molar-refractivity contribution >= 4 is 11.8 Å². The number of nitrogens with two attached hydrogens (primary N) is 1. The van der Waals surface area contributed by atoms with Crippen molar-refractivity contribution in [2.75, 3.05) is 17.3 Å². The molecule has 21 heavy (non-hydrogen) atoms. The number of nitrogens with zero attached hydrogens (tertiary/aromatic N) is 4. The molecule has 0 amide bonds. The first-order chi connectivity index (χ1) is 9.88. The third-order valence-electron chi connectivity index (χ3n) is 2.60. The van der Waals surface area contributed by atoms with Crippen LogP contribution in [0.25, 0.3) is 0 Å². The Hall–Kier alpha value is -2.36. The predicted molar refractivity (Wildman–Crippen MR) is 70.2 cm³/mol. The predicted octanol–water partition coefficient (Wildman–Crippen LogP) is 1.17. The summed E-state index contributed by atoms with van der Waals surface area (Å²) in [5.74, 6) is 4.81. The van der Waals surface area contributed by atoms with Gasteiger partial charge in [0, 0.05) is 32.3 Å². The van der Waals surface area contributed by atoms with Crippen LogP contribution >= 0.6 is 0 Å². The quantitative estimate of drug-likeness (QED) is 0.567. The Bertz CT molecular complexity index is 608. The Morgan fingerprint density at radius 1 is 1.33 bits per heavy atom. The molecule has 0 spiro atoms. The monoisotopic (exact) mass is 301 g/mol. The van der Waals surface area contributed by atoms with Crippen LogP contribution in [0.2, 0.25) is 0 Å². The number of hydrogen-bond donors (Lipinski definition) is 3. The Kier molecular flexibility index (Phi) is 4.26. The molecule has 2 rings (SSSR count). The lowest BCUT2D eigenvalue weighted by Crippen LogP contribution is -2.17. The zero-order chi connectivity index (χ0) is 15.5. The number of hydrazine groups is 1. The molecule has 10 heteroatoms. The highest BCUT2D eigenvalue weighted by molar-refractivity contribution is 5.42. The number of aromatic nitrogens is 4. The van der Waals surface area contributed by atoms with Gasteiger partial charge in [0.1, 0.15) is 5.82 Å². The minimum atomic E-state index is -4.56. The first-order valence-electron chi connectivity index (χ1n) is 6.04. The molecule has 0 saturated carbocycles. The third kappa shape index (κ3) is 4.05. The SMILES string of the molecule is Cn1ccc(CCNc2cc(C(F)(F)F)nc(NN)n2)n1. The van der Waals surface area contributed by atoms with E-state index in [1.165, 1.54) is 0 Å². The number of halogens is 3. The van der Waals surface area contributed by atoms with Crippen LogP contribution in [0.3, 0.4) is 0 Å². The van der Waals surface area contributed by atoms with Crippen molar-refractivity contribution in [2.45, 2.75) is 12.6 Å². The molecule has 114 valence electrons. The molecule has 0 bridgehead atoms. The van der Waals surface area contributed by atoms with Crippen molar-refractivity contribution in [1.29, 1.82) is 0 Å².